The van der Waals surface area contributed by atoms with Gasteiger partial charge in [-0.25, -0.2) is 0 Å². The molecule has 0 fully saturated rings. The first-order valence-corrected chi connectivity index (χ1v) is 7.05. The van der Waals surface area contributed by atoms with E-state index in [2.05, 4.69) is 15.5 Å². The van der Waals surface area contributed by atoms with Crippen LogP contribution in [0.25, 0.3) is 0 Å². The van der Waals surface area contributed by atoms with Gasteiger partial charge in [0.2, 0.25) is 5.89 Å². The minimum atomic E-state index is 0.333. The molecule has 1 N–H and O–H groups in total. The Bertz CT molecular complexity index is 723. The van der Waals surface area contributed by atoms with E-state index in [0.29, 0.717) is 28.4 Å². The van der Waals surface area contributed by atoms with Gasteiger partial charge >= 0.3 is 6.01 Å². The van der Waals surface area contributed by atoms with E-state index in [4.69, 9.17) is 27.6 Å². The summed E-state index contributed by atoms with van der Waals surface area (Å²) in [5.41, 5.74) is 1.65. The maximum atomic E-state index is 6.13. The van der Waals surface area contributed by atoms with Gasteiger partial charge in [-0.2, -0.15) is 0 Å². The summed E-state index contributed by atoms with van der Waals surface area (Å²) < 4.78 is 5.55. The number of benzene rings is 2. The monoisotopic (exact) mass is 319 g/mol. The van der Waals surface area contributed by atoms with Crippen LogP contribution in [0.4, 0.5) is 11.7 Å². The molecule has 0 aliphatic rings. The van der Waals surface area contributed by atoms with Crippen LogP contribution >= 0.6 is 23.2 Å². The van der Waals surface area contributed by atoms with Crippen LogP contribution in [0.15, 0.2) is 52.9 Å². The minimum absolute atomic E-state index is 0.333. The quantitative estimate of drug-likeness (QED) is 0.756. The lowest BCUT2D eigenvalue weighted by atomic mass is 10.1. The molecule has 0 amide bonds. The first-order chi connectivity index (χ1) is 10.2. The summed E-state index contributed by atoms with van der Waals surface area (Å²) in [5.74, 6) is 0.448. The van der Waals surface area contributed by atoms with Gasteiger partial charge in [-0.3, -0.25) is 0 Å². The van der Waals surface area contributed by atoms with E-state index in [1.807, 2.05) is 30.3 Å². The normalized spacial score (nSPS) is 10.6. The highest BCUT2D eigenvalue weighted by Crippen LogP contribution is 2.27. The fourth-order valence-electron chi connectivity index (χ4n) is 1.87. The molecule has 0 aliphatic heterocycles. The molecule has 6 heteroatoms. The maximum absolute atomic E-state index is 6.13. The fourth-order valence-corrected chi connectivity index (χ4v) is 2.40. The van der Waals surface area contributed by atoms with E-state index in [9.17, 15) is 0 Å². The number of hydrogen-bond donors (Lipinski definition) is 1. The summed E-state index contributed by atoms with van der Waals surface area (Å²) in [6, 6.07) is 15.3. The lowest BCUT2D eigenvalue weighted by molar-refractivity contribution is 0.521. The van der Waals surface area contributed by atoms with Crippen LogP contribution in [-0.2, 0) is 6.42 Å². The van der Waals surface area contributed by atoms with Crippen molar-refractivity contribution in [1.82, 2.24) is 10.2 Å². The number of anilines is 2. The standard InChI is InChI=1S/C15H11Cl2N3O/c16-12-7-4-8-13(17)11(12)9-14-19-20-15(21-14)18-10-5-2-1-3-6-10/h1-8H,9H2,(H,18,20). The van der Waals surface area contributed by atoms with Crippen LogP contribution in [0.5, 0.6) is 0 Å². The van der Waals surface area contributed by atoms with Crippen molar-refractivity contribution in [3.05, 3.63) is 70.0 Å². The van der Waals surface area contributed by atoms with Gasteiger partial charge in [-0.1, -0.05) is 52.6 Å². The van der Waals surface area contributed by atoms with Crippen LogP contribution in [-0.4, -0.2) is 10.2 Å². The van der Waals surface area contributed by atoms with Crippen LogP contribution in [0.1, 0.15) is 11.5 Å². The second kappa shape index (κ2) is 6.16. The largest absolute Gasteiger partial charge is 0.408 e. The lowest BCUT2D eigenvalue weighted by Gasteiger charge is -2.03. The highest BCUT2D eigenvalue weighted by atomic mass is 35.5. The fraction of sp³-hybridized carbons (Fsp3) is 0.0667. The Labute approximate surface area is 131 Å². The third kappa shape index (κ3) is 3.35. The van der Waals surface area contributed by atoms with Crippen molar-refractivity contribution in [2.24, 2.45) is 0 Å². The van der Waals surface area contributed by atoms with Crippen molar-refractivity contribution in [1.29, 1.82) is 0 Å². The van der Waals surface area contributed by atoms with Gasteiger partial charge in [-0.05, 0) is 29.8 Å². The molecule has 3 rings (SSSR count). The van der Waals surface area contributed by atoms with Crippen molar-refractivity contribution in [2.75, 3.05) is 5.32 Å². The molecular weight excluding hydrogens is 309 g/mol. The molecule has 0 unspecified atom stereocenters. The van der Waals surface area contributed by atoms with Crippen LogP contribution in [0, 0.1) is 0 Å². The van der Waals surface area contributed by atoms with E-state index >= 15 is 0 Å². The summed E-state index contributed by atoms with van der Waals surface area (Å²) in [5, 5.41) is 12.1. The first-order valence-electron chi connectivity index (χ1n) is 6.30. The number of nitrogens with one attached hydrogen (secondary N) is 1. The van der Waals surface area contributed by atoms with E-state index in [-0.39, 0.29) is 0 Å². The third-order valence-corrected chi connectivity index (χ3v) is 3.59. The van der Waals surface area contributed by atoms with Gasteiger partial charge in [-0.15, -0.1) is 5.10 Å². The Balaban J connectivity index is 1.76. The van der Waals surface area contributed by atoms with E-state index in [0.717, 1.165) is 11.3 Å². The molecule has 0 spiro atoms. The van der Waals surface area contributed by atoms with Gasteiger partial charge in [0, 0.05) is 15.7 Å². The van der Waals surface area contributed by atoms with Crippen molar-refractivity contribution in [3.63, 3.8) is 0 Å². The minimum Gasteiger partial charge on any atom is -0.408 e. The van der Waals surface area contributed by atoms with Crippen LogP contribution in [0.3, 0.4) is 0 Å². The molecule has 0 atom stereocenters. The van der Waals surface area contributed by atoms with Crippen molar-refractivity contribution < 1.29 is 4.42 Å². The number of hydrogen-bond acceptors (Lipinski definition) is 4. The zero-order valence-corrected chi connectivity index (χ0v) is 12.4. The van der Waals surface area contributed by atoms with E-state index in [1.165, 1.54) is 0 Å². The summed E-state index contributed by atoms with van der Waals surface area (Å²) >= 11 is 12.3. The van der Waals surface area contributed by atoms with E-state index in [1.54, 1.807) is 18.2 Å². The Morgan fingerprint density at radius 3 is 2.33 bits per heavy atom. The molecule has 2 aromatic carbocycles. The van der Waals surface area contributed by atoms with Crippen molar-refractivity contribution in [3.8, 4) is 0 Å². The van der Waals surface area contributed by atoms with Gasteiger partial charge < -0.3 is 9.73 Å². The summed E-state index contributed by atoms with van der Waals surface area (Å²) in [6.07, 6.45) is 0.391. The molecule has 21 heavy (non-hydrogen) atoms. The molecule has 4 nitrogen and oxygen atoms in total. The second-order valence-electron chi connectivity index (χ2n) is 4.37. The van der Waals surface area contributed by atoms with Crippen LogP contribution in [0.2, 0.25) is 10.0 Å². The molecule has 0 bridgehead atoms. The highest BCUT2D eigenvalue weighted by Gasteiger charge is 2.12. The molecule has 0 saturated heterocycles. The predicted octanol–water partition coefficient (Wildman–Crippen LogP) is 4.71. The van der Waals surface area contributed by atoms with Crippen molar-refractivity contribution in [2.45, 2.75) is 6.42 Å². The third-order valence-electron chi connectivity index (χ3n) is 2.88. The molecule has 1 aromatic heterocycles. The predicted molar refractivity (Wildman–Crippen MR) is 83.3 cm³/mol. The first kappa shape index (κ1) is 13.9. The van der Waals surface area contributed by atoms with Crippen LogP contribution < -0.4 is 5.32 Å². The average molecular weight is 320 g/mol. The molecule has 3 aromatic rings. The SMILES string of the molecule is Clc1cccc(Cl)c1Cc1nnc(Nc2ccccc2)o1. The number of halogens is 2. The Morgan fingerprint density at radius 2 is 1.62 bits per heavy atom. The van der Waals surface area contributed by atoms with Crippen molar-refractivity contribution >= 4 is 34.9 Å². The number of rotatable bonds is 4. The summed E-state index contributed by atoms with van der Waals surface area (Å²) in [7, 11) is 0. The Hall–Kier alpha value is -2.04. The van der Waals surface area contributed by atoms with Gasteiger partial charge in [0.1, 0.15) is 0 Å². The maximum Gasteiger partial charge on any atom is 0.320 e. The van der Waals surface area contributed by atoms with Gasteiger partial charge in [0.05, 0.1) is 6.42 Å². The molecule has 106 valence electrons. The highest BCUT2D eigenvalue weighted by molar-refractivity contribution is 6.36. The van der Waals surface area contributed by atoms with Gasteiger partial charge in [0.15, 0.2) is 0 Å². The summed E-state index contributed by atoms with van der Waals surface area (Å²) in [4.78, 5) is 0. The number of nitrogens with zero attached hydrogens (tertiary/aromatic N) is 2. The second-order valence-corrected chi connectivity index (χ2v) is 5.18. The topological polar surface area (TPSA) is 51.0 Å². The molecule has 0 saturated carbocycles. The number of aromatic nitrogens is 2. The van der Waals surface area contributed by atoms with Gasteiger partial charge in [0.25, 0.3) is 0 Å². The smallest absolute Gasteiger partial charge is 0.320 e. The molecular formula is C15H11Cl2N3O. The molecule has 1 heterocycles. The zero-order valence-electron chi connectivity index (χ0n) is 10.9. The molecule has 0 radical (unpaired) electrons. The Morgan fingerprint density at radius 1 is 0.905 bits per heavy atom. The Kier molecular flexibility index (Phi) is 4.08. The lowest BCUT2D eigenvalue weighted by Crippen LogP contribution is -1.91. The van der Waals surface area contributed by atoms with E-state index < -0.39 is 0 Å². The molecule has 0 aliphatic carbocycles. The number of para-hydroxylation sites is 1. The summed E-state index contributed by atoms with van der Waals surface area (Å²) in [6.45, 7) is 0. The average Bonchev–Trinajstić information content (AvgIpc) is 2.91. The zero-order chi connectivity index (χ0) is 14.7.